The average Bonchev–Trinajstić information content (AvgIpc) is 2.36. The fraction of sp³-hybridized carbons (Fsp3) is 0.533. The lowest BCUT2D eigenvalue weighted by Gasteiger charge is -2.22. The highest BCUT2D eigenvalue weighted by Gasteiger charge is 2.13. The minimum absolute atomic E-state index is 0.228. The van der Waals surface area contributed by atoms with Crippen LogP contribution in [0, 0.1) is 11.3 Å². The number of nitrogens with zero attached hydrogens (tertiary/aromatic N) is 1. The molecule has 0 radical (unpaired) electrons. The molecule has 0 heterocycles. The number of hydrogen-bond acceptors (Lipinski definition) is 4. The van der Waals surface area contributed by atoms with E-state index in [1.54, 1.807) is 12.1 Å². The van der Waals surface area contributed by atoms with Crippen molar-refractivity contribution in [3.8, 4) is 6.07 Å². The van der Waals surface area contributed by atoms with Crippen LogP contribution in [0.2, 0.25) is 0 Å². The fourth-order valence-electron chi connectivity index (χ4n) is 1.49. The molecule has 1 atom stereocenters. The first-order valence-electron chi connectivity index (χ1n) is 6.42. The first kappa shape index (κ1) is 15.6. The van der Waals surface area contributed by atoms with Gasteiger partial charge in [0.15, 0.2) is 0 Å². The number of hydrogen-bond donors (Lipinski definition) is 2. The van der Waals surface area contributed by atoms with Crippen molar-refractivity contribution >= 4 is 0 Å². The molecule has 0 aliphatic heterocycles. The van der Waals surface area contributed by atoms with Gasteiger partial charge in [-0.2, -0.15) is 5.26 Å². The fourth-order valence-corrected chi connectivity index (χ4v) is 1.49. The van der Waals surface area contributed by atoms with Crippen LogP contribution in [0.1, 0.15) is 31.9 Å². The number of benzene rings is 1. The lowest BCUT2D eigenvalue weighted by atomic mass is 10.1. The van der Waals surface area contributed by atoms with Gasteiger partial charge in [-0.25, -0.2) is 0 Å². The van der Waals surface area contributed by atoms with E-state index in [4.69, 9.17) is 10.00 Å². The summed E-state index contributed by atoms with van der Waals surface area (Å²) in [5.74, 6) is 0. The molecule has 4 nitrogen and oxygen atoms in total. The van der Waals surface area contributed by atoms with Gasteiger partial charge in [0, 0.05) is 13.1 Å². The first-order chi connectivity index (χ1) is 8.90. The Labute approximate surface area is 115 Å². The van der Waals surface area contributed by atoms with E-state index in [0.717, 1.165) is 5.56 Å². The second-order valence-electron chi connectivity index (χ2n) is 5.52. The van der Waals surface area contributed by atoms with Crippen LogP contribution in [0.4, 0.5) is 0 Å². The lowest BCUT2D eigenvalue weighted by Crippen LogP contribution is -2.33. The Morgan fingerprint density at radius 3 is 2.47 bits per heavy atom. The molecule has 19 heavy (non-hydrogen) atoms. The normalized spacial score (nSPS) is 13.0. The van der Waals surface area contributed by atoms with Crippen molar-refractivity contribution in [2.24, 2.45) is 0 Å². The Morgan fingerprint density at radius 2 is 1.95 bits per heavy atom. The Bertz CT molecular complexity index is 415. The van der Waals surface area contributed by atoms with E-state index in [1.165, 1.54) is 0 Å². The lowest BCUT2D eigenvalue weighted by molar-refractivity contribution is -0.0479. The molecule has 0 aliphatic carbocycles. The second-order valence-corrected chi connectivity index (χ2v) is 5.52. The highest BCUT2D eigenvalue weighted by molar-refractivity contribution is 5.31. The van der Waals surface area contributed by atoms with Crippen molar-refractivity contribution in [1.29, 1.82) is 5.26 Å². The Morgan fingerprint density at radius 1 is 1.32 bits per heavy atom. The van der Waals surface area contributed by atoms with E-state index in [1.807, 2.05) is 32.9 Å². The summed E-state index contributed by atoms with van der Waals surface area (Å²) in [6, 6.07) is 9.47. The summed E-state index contributed by atoms with van der Waals surface area (Å²) in [4.78, 5) is 0. The van der Waals surface area contributed by atoms with Crippen molar-refractivity contribution in [2.75, 3.05) is 13.2 Å². The monoisotopic (exact) mass is 262 g/mol. The SMILES string of the molecule is CC(C)(C)OCC(O)CNCc1ccc(C#N)cc1. The van der Waals surface area contributed by atoms with Crippen LogP contribution in [0.15, 0.2) is 24.3 Å². The second kappa shape index (κ2) is 7.25. The van der Waals surface area contributed by atoms with Crippen molar-refractivity contribution in [1.82, 2.24) is 5.32 Å². The molecule has 0 saturated heterocycles. The molecule has 0 amide bonds. The highest BCUT2D eigenvalue weighted by Crippen LogP contribution is 2.07. The quantitative estimate of drug-likeness (QED) is 0.821. The van der Waals surface area contributed by atoms with Gasteiger partial charge in [0.2, 0.25) is 0 Å². The predicted molar refractivity (Wildman–Crippen MR) is 74.6 cm³/mol. The zero-order valence-electron chi connectivity index (χ0n) is 11.8. The first-order valence-corrected chi connectivity index (χ1v) is 6.42. The van der Waals surface area contributed by atoms with Crippen LogP contribution in [-0.4, -0.2) is 30.0 Å². The molecule has 0 bridgehead atoms. The molecule has 0 fully saturated rings. The molecular weight excluding hydrogens is 240 g/mol. The minimum atomic E-state index is -0.516. The van der Waals surface area contributed by atoms with Crippen LogP contribution < -0.4 is 5.32 Å². The van der Waals surface area contributed by atoms with Gasteiger partial charge in [-0.05, 0) is 38.5 Å². The summed E-state index contributed by atoms with van der Waals surface area (Å²) in [5.41, 5.74) is 1.51. The number of ether oxygens (including phenoxy) is 1. The molecule has 1 aromatic rings. The van der Waals surface area contributed by atoms with E-state index in [0.29, 0.717) is 25.3 Å². The van der Waals surface area contributed by atoms with Crippen LogP contribution in [-0.2, 0) is 11.3 Å². The van der Waals surface area contributed by atoms with Gasteiger partial charge in [-0.15, -0.1) is 0 Å². The molecule has 0 aliphatic rings. The van der Waals surface area contributed by atoms with Gasteiger partial charge >= 0.3 is 0 Å². The van der Waals surface area contributed by atoms with Crippen LogP contribution in [0.5, 0.6) is 0 Å². The molecule has 1 unspecified atom stereocenters. The zero-order valence-corrected chi connectivity index (χ0v) is 11.8. The number of rotatable bonds is 6. The maximum atomic E-state index is 9.74. The molecule has 104 valence electrons. The third-order valence-electron chi connectivity index (χ3n) is 2.50. The number of nitriles is 1. The van der Waals surface area contributed by atoms with Gasteiger partial charge in [0.1, 0.15) is 0 Å². The molecule has 0 saturated carbocycles. The molecule has 1 rings (SSSR count). The van der Waals surface area contributed by atoms with Crippen molar-refractivity contribution < 1.29 is 9.84 Å². The van der Waals surface area contributed by atoms with Crippen molar-refractivity contribution in [3.63, 3.8) is 0 Å². The van der Waals surface area contributed by atoms with Gasteiger partial charge in [-0.1, -0.05) is 12.1 Å². The van der Waals surface area contributed by atoms with E-state index in [-0.39, 0.29) is 5.60 Å². The molecule has 1 aromatic carbocycles. The number of aliphatic hydroxyl groups is 1. The zero-order chi connectivity index (χ0) is 14.3. The van der Waals surface area contributed by atoms with E-state index >= 15 is 0 Å². The third-order valence-corrected chi connectivity index (χ3v) is 2.50. The largest absolute Gasteiger partial charge is 0.389 e. The van der Waals surface area contributed by atoms with Crippen LogP contribution >= 0.6 is 0 Å². The summed E-state index contributed by atoms with van der Waals surface area (Å²) in [6.45, 7) is 7.36. The maximum Gasteiger partial charge on any atom is 0.0991 e. The van der Waals surface area contributed by atoms with Gasteiger partial charge < -0.3 is 15.2 Å². The molecule has 2 N–H and O–H groups in total. The van der Waals surface area contributed by atoms with Crippen LogP contribution in [0.25, 0.3) is 0 Å². The molecule has 0 aromatic heterocycles. The molecule has 0 spiro atoms. The van der Waals surface area contributed by atoms with Crippen molar-refractivity contribution in [2.45, 2.75) is 39.0 Å². The highest BCUT2D eigenvalue weighted by atomic mass is 16.5. The molecule has 4 heteroatoms. The van der Waals surface area contributed by atoms with Crippen molar-refractivity contribution in [3.05, 3.63) is 35.4 Å². The smallest absolute Gasteiger partial charge is 0.0991 e. The summed E-state index contributed by atoms with van der Waals surface area (Å²) in [5, 5.41) is 21.6. The Kier molecular flexibility index (Phi) is 5.97. The van der Waals surface area contributed by atoms with Gasteiger partial charge in [-0.3, -0.25) is 0 Å². The maximum absolute atomic E-state index is 9.74. The molecular formula is C15H22N2O2. The van der Waals surface area contributed by atoms with Gasteiger partial charge in [0.25, 0.3) is 0 Å². The van der Waals surface area contributed by atoms with Gasteiger partial charge in [0.05, 0.1) is 29.9 Å². The number of aliphatic hydroxyl groups excluding tert-OH is 1. The standard InChI is InChI=1S/C15H22N2O2/c1-15(2,3)19-11-14(18)10-17-9-13-6-4-12(8-16)5-7-13/h4-7,14,17-18H,9-11H2,1-3H3. The minimum Gasteiger partial charge on any atom is -0.389 e. The summed E-state index contributed by atoms with van der Waals surface area (Å²) in [7, 11) is 0. The summed E-state index contributed by atoms with van der Waals surface area (Å²) >= 11 is 0. The van der Waals surface area contributed by atoms with Crippen LogP contribution in [0.3, 0.4) is 0 Å². The average molecular weight is 262 g/mol. The summed E-state index contributed by atoms with van der Waals surface area (Å²) < 4.78 is 5.50. The van der Waals surface area contributed by atoms with E-state index in [9.17, 15) is 5.11 Å². The predicted octanol–water partition coefficient (Wildman–Crippen LogP) is 1.82. The third kappa shape index (κ3) is 6.92. The summed E-state index contributed by atoms with van der Waals surface area (Å²) in [6.07, 6.45) is -0.516. The topological polar surface area (TPSA) is 65.3 Å². The Balaban J connectivity index is 2.24. The van der Waals surface area contributed by atoms with E-state index in [2.05, 4.69) is 11.4 Å². The Hall–Kier alpha value is -1.41. The van der Waals surface area contributed by atoms with E-state index < -0.39 is 6.10 Å². The number of nitrogens with one attached hydrogen (secondary N) is 1.